The summed E-state index contributed by atoms with van der Waals surface area (Å²) in [5.41, 5.74) is 2.18. The molecular formula is C14H18N2O3. The lowest BCUT2D eigenvalue weighted by molar-refractivity contribution is 0.0599. The summed E-state index contributed by atoms with van der Waals surface area (Å²) < 4.78 is 9.97. The van der Waals surface area contributed by atoms with Crippen molar-refractivity contribution in [1.82, 2.24) is 10.1 Å². The molecule has 1 N–H and O–H groups in total. The van der Waals surface area contributed by atoms with E-state index < -0.39 is 6.10 Å². The molecule has 1 unspecified atom stereocenters. The lowest BCUT2D eigenvalue weighted by Crippen LogP contribution is -2.17. The number of benzene rings is 1. The number of hydrogen-bond donors (Lipinski definition) is 1. The van der Waals surface area contributed by atoms with Crippen LogP contribution >= 0.6 is 0 Å². The quantitative estimate of drug-likeness (QED) is 0.860. The fourth-order valence-electron chi connectivity index (χ4n) is 1.80. The van der Waals surface area contributed by atoms with E-state index in [9.17, 15) is 5.11 Å². The first-order valence-corrected chi connectivity index (χ1v) is 6.31. The van der Waals surface area contributed by atoms with E-state index in [-0.39, 0.29) is 6.61 Å². The van der Waals surface area contributed by atoms with E-state index in [1.54, 1.807) is 0 Å². The Kier molecular flexibility index (Phi) is 4.65. The summed E-state index contributed by atoms with van der Waals surface area (Å²) >= 11 is 0. The third kappa shape index (κ3) is 3.62. The number of rotatable bonds is 6. The Labute approximate surface area is 112 Å². The molecule has 0 aliphatic rings. The maximum absolute atomic E-state index is 9.60. The monoisotopic (exact) mass is 262 g/mol. The molecule has 1 aromatic carbocycles. The molecule has 102 valence electrons. The van der Waals surface area contributed by atoms with Crippen LogP contribution in [-0.2, 0) is 17.6 Å². The minimum Gasteiger partial charge on any atom is -0.390 e. The first kappa shape index (κ1) is 13.7. The molecule has 0 saturated carbocycles. The summed E-state index contributed by atoms with van der Waals surface area (Å²) in [6, 6.07) is 8.04. The third-order valence-corrected chi connectivity index (χ3v) is 2.86. The van der Waals surface area contributed by atoms with Gasteiger partial charge in [0.25, 0.3) is 0 Å². The van der Waals surface area contributed by atoms with Gasteiger partial charge >= 0.3 is 0 Å². The average Bonchev–Trinajstić information content (AvgIpc) is 2.87. The first-order chi connectivity index (χ1) is 9.22. The molecule has 0 aliphatic heterocycles. The largest absolute Gasteiger partial charge is 0.390 e. The van der Waals surface area contributed by atoms with Gasteiger partial charge in [-0.2, -0.15) is 4.98 Å². The van der Waals surface area contributed by atoms with Crippen molar-refractivity contribution in [2.75, 3.05) is 13.7 Å². The van der Waals surface area contributed by atoms with Crippen molar-refractivity contribution in [1.29, 1.82) is 0 Å². The van der Waals surface area contributed by atoms with Gasteiger partial charge in [0.05, 0.1) is 19.1 Å². The second-order valence-electron chi connectivity index (χ2n) is 4.38. The van der Waals surface area contributed by atoms with Crippen LogP contribution in [0.5, 0.6) is 0 Å². The Morgan fingerprint density at radius 2 is 2.05 bits per heavy atom. The van der Waals surface area contributed by atoms with Crippen molar-refractivity contribution in [2.45, 2.75) is 25.9 Å². The SMILES string of the molecule is CCc1ccc(-c2noc(CC(O)COC)n2)cc1. The minimum absolute atomic E-state index is 0.253. The summed E-state index contributed by atoms with van der Waals surface area (Å²) in [7, 11) is 1.54. The molecule has 1 heterocycles. The number of aryl methyl sites for hydroxylation is 1. The summed E-state index contributed by atoms with van der Waals surface area (Å²) in [6.07, 6.45) is 0.676. The normalized spacial score (nSPS) is 12.6. The smallest absolute Gasteiger partial charge is 0.229 e. The van der Waals surface area contributed by atoms with Gasteiger partial charge in [-0.1, -0.05) is 36.3 Å². The van der Waals surface area contributed by atoms with Gasteiger partial charge in [-0.3, -0.25) is 0 Å². The maximum Gasteiger partial charge on any atom is 0.229 e. The number of methoxy groups -OCH3 is 1. The molecule has 0 fully saturated rings. The van der Waals surface area contributed by atoms with E-state index in [0.29, 0.717) is 18.1 Å². The standard InChI is InChI=1S/C14H18N2O3/c1-3-10-4-6-11(7-5-10)14-15-13(19-16-14)8-12(17)9-18-2/h4-7,12,17H,3,8-9H2,1-2H3. The van der Waals surface area contributed by atoms with Crippen LogP contribution in [0.25, 0.3) is 11.4 Å². The highest BCUT2D eigenvalue weighted by atomic mass is 16.5. The van der Waals surface area contributed by atoms with Gasteiger partial charge in [0.15, 0.2) is 0 Å². The van der Waals surface area contributed by atoms with Gasteiger partial charge < -0.3 is 14.4 Å². The van der Waals surface area contributed by atoms with Gasteiger partial charge in [-0.15, -0.1) is 0 Å². The van der Waals surface area contributed by atoms with E-state index in [0.717, 1.165) is 12.0 Å². The van der Waals surface area contributed by atoms with E-state index in [2.05, 4.69) is 17.1 Å². The van der Waals surface area contributed by atoms with E-state index in [4.69, 9.17) is 9.26 Å². The van der Waals surface area contributed by atoms with Gasteiger partial charge in [-0.25, -0.2) is 0 Å². The topological polar surface area (TPSA) is 68.4 Å². The molecular weight excluding hydrogens is 244 g/mol. The molecule has 5 heteroatoms. The van der Waals surface area contributed by atoms with Gasteiger partial charge in [0.2, 0.25) is 11.7 Å². The predicted octanol–water partition coefficient (Wildman–Crippen LogP) is 1.85. The van der Waals surface area contributed by atoms with Crippen LogP contribution < -0.4 is 0 Å². The number of hydrogen-bond acceptors (Lipinski definition) is 5. The number of ether oxygens (including phenoxy) is 1. The molecule has 0 radical (unpaired) electrons. The van der Waals surface area contributed by atoms with Crippen LogP contribution in [0.4, 0.5) is 0 Å². The van der Waals surface area contributed by atoms with E-state index in [1.807, 2.05) is 24.3 Å². The zero-order valence-corrected chi connectivity index (χ0v) is 11.2. The van der Waals surface area contributed by atoms with Crippen LogP contribution in [-0.4, -0.2) is 35.1 Å². The Bertz CT molecular complexity index is 508. The Morgan fingerprint density at radius 3 is 2.68 bits per heavy atom. The van der Waals surface area contributed by atoms with E-state index >= 15 is 0 Å². The Morgan fingerprint density at radius 1 is 1.32 bits per heavy atom. The number of aliphatic hydroxyl groups is 1. The van der Waals surface area contributed by atoms with Crippen molar-refractivity contribution < 1.29 is 14.4 Å². The summed E-state index contributed by atoms with van der Waals surface area (Å²) in [5.74, 6) is 0.960. The predicted molar refractivity (Wildman–Crippen MR) is 70.7 cm³/mol. The molecule has 0 amide bonds. The Hall–Kier alpha value is -1.72. The second-order valence-corrected chi connectivity index (χ2v) is 4.38. The second kappa shape index (κ2) is 6.45. The van der Waals surface area contributed by atoms with Gasteiger partial charge in [0, 0.05) is 12.7 Å². The van der Waals surface area contributed by atoms with Crippen molar-refractivity contribution in [3.63, 3.8) is 0 Å². The fraction of sp³-hybridized carbons (Fsp3) is 0.429. The Balaban J connectivity index is 2.07. The fourth-order valence-corrected chi connectivity index (χ4v) is 1.80. The zero-order valence-electron chi connectivity index (χ0n) is 11.2. The molecule has 2 rings (SSSR count). The summed E-state index contributed by atoms with van der Waals surface area (Å²) in [4.78, 5) is 4.26. The number of aliphatic hydroxyl groups excluding tert-OH is 1. The average molecular weight is 262 g/mol. The lowest BCUT2D eigenvalue weighted by atomic mass is 10.1. The number of aromatic nitrogens is 2. The molecule has 0 bridgehead atoms. The van der Waals surface area contributed by atoms with Crippen molar-refractivity contribution in [3.8, 4) is 11.4 Å². The lowest BCUT2D eigenvalue weighted by Gasteiger charge is -2.04. The number of nitrogens with zero attached hydrogens (tertiary/aromatic N) is 2. The molecule has 1 aromatic heterocycles. The highest BCUT2D eigenvalue weighted by Crippen LogP contribution is 2.17. The van der Waals surface area contributed by atoms with Crippen molar-refractivity contribution >= 4 is 0 Å². The van der Waals surface area contributed by atoms with Crippen LogP contribution in [0, 0.1) is 0 Å². The summed E-state index contributed by atoms with van der Waals surface area (Å²) in [5, 5.41) is 13.5. The molecule has 2 aromatic rings. The maximum atomic E-state index is 9.60. The molecule has 0 saturated heterocycles. The molecule has 0 aliphatic carbocycles. The third-order valence-electron chi connectivity index (χ3n) is 2.86. The highest BCUT2D eigenvalue weighted by Gasteiger charge is 2.13. The molecule has 5 nitrogen and oxygen atoms in total. The minimum atomic E-state index is -0.624. The van der Waals surface area contributed by atoms with Crippen molar-refractivity contribution in [3.05, 3.63) is 35.7 Å². The first-order valence-electron chi connectivity index (χ1n) is 6.31. The zero-order chi connectivity index (χ0) is 13.7. The van der Waals surface area contributed by atoms with Crippen LogP contribution in [0.3, 0.4) is 0 Å². The van der Waals surface area contributed by atoms with Crippen LogP contribution in [0.15, 0.2) is 28.8 Å². The highest BCUT2D eigenvalue weighted by molar-refractivity contribution is 5.54. The van der Waals surface area contributed by atoms with Crippen LogP contribution in [0.1, 0.15) is 18.4 Å². The van der Waals surface area contributed by atoms with E-state index in [1.165, 1.54) is 12.7 Å². The van der Waals surface area contributed by atoms with Crippen molar-refractivity contribution in [2.24, 2.45) is 0 Å². The summed E-state index contributed by atoms with van der Waals surface area (Å²) in [6.45, 7) is 2.36. The molecule has 0 spiro atoms. The van der Waals surface area contributed by atoms with Gasteiger partial charge in [-0.05, 0) is 12.0 Å². The molecule has 1 atom stereocenters. The van der Waals surface area contributed by atoms with Gasteiger partial charge in [0.1, 0.15) is 0 Å². The molecule has 19 heavy (non-hydrogen) atoms. The van der Waals surface area contributed by atoms with Crippen LogP contribution in [0.2, 0.25) is 0 Å².